The first-order valence-corrected chi connectivity index (χ1v) is 13.3. The van der Waals surface area contributed by atoms with E-state index in [1.807, 2.05) is 51.2 Å². The Morgan fingerprint density at radius 3 is 2.67 bits per heavy atom. The molecule has 1 aromatic heterocycles. The molecule has 2 unspecified atom stereocenters. The predicted molar refractivity (Wildman–Crippen MR) is 145 cm³/mol. The van der Waals surface area contributed by atoms with Crippen LogP contribution < -0.4 is 5.32 Å². The topological polar surface area (TPSA) is 64.1 Å². The van der Waals surface area contributed by atoms with Crippen molar-refractivity contribution < 1.29 is 9.53 Å². The number of benzene rings is 2. The Hall–Kier alpha value is -2.63. The first-order chi connectivity index (χ1) is 17.2. The molecule has 0 amide bonds. The summed E-state index contributed by atoms with van der Waals surface area (Å²) in [5.41, 5.74) is 5.04. The smallest absolute Gasteiger partial charge is 0.309 e. The number of hydrogen-bond acceptors (Lipinski definition) is 5. The van der Waals surface area contributed by atoms with Gasteiger partial charge in [-0.3, -0.25) is 4.79 Å². The maximum Gasteiger partial charge on any atom is 0.309 e. The zero-order valence-corrected chi connectivity index (χ0v) is 22.4. The standard InChI is InChI=1S/C29H31Cl2N3O2/c1-29(2,3)36-27(35)18-7-6-8-20(13-18)33-28-32-16-19-14-23(17-11-12-24(30)25(31)15-17)21-9-4-5-10-22(21)26(19)34-28/h4-5,9-12,15-16,18,20,23H,6-8,13-14H2,1-3H3,(H,32,33,34)/t18?,20?,23-/m1/s1. The van der Waals surface area contributed by atoms with Gasteiger partial charge in [-0.2, -0.15) is 0 Å². The maximum absolute atomic E-state index is 12.6. The highest BCUT2D eigenvalue weighted by molar-refractivity contribution is 6.42. The predicted octanol–water partition coefficient (Wildman–Crippen LogP) is 7.45. The van der Waals surface area contributed by atoms with Crippen LogP contribution in [0.1, 0.15) is 69.1 Å². The Kier molecular flexibility index (Phi) is 6.97. The fourth-order valence-electron chi connectivity index (χ4n) is 5.33. The second-order valence-electron chi connectivity index (χ2n) is 10.8. The molecule has 1 saturated carbocycles. The Bertz CT molecular complexity index is 1290. The number of esters is 1. The van der Waals surface area contributed by atoms with Crippen LogP contribution in [0.4, 0.5) is 5.95 Å². The molecule has 5 nitrogen and oxygen atoms in total. The average Bonchev–Trinajstić information content (AvgIpc) is 2.84. The molecule has 0 aliphatic heterocycles. The van der Waals surface area contributed by atoms with Crippen LogP contribution in [0.3, 0.4) is 0 Å². The lowest BCUT2D eigenvalue weighted by molar-refractivity contribution is -0.161. The minimum absolute atomic E-state index is 0.0965. The van der Waals surface area contributed by atoms with Crippen LogP contribution >= 0.6 is 23.2 Å². The van der Waals surface area contributed by atoms with E-state index < -0.39 is 5.60 Å². The normalized spacial score (nSPS) is 21.3. The molecule has 0 saturated heterocycles. The van der Waals surface area contributed by atoms with Crippen molar-refractivity contribution in [1.29, 1.82) is 0 Å². The molecule has 0 bridgehead atoms. The van der Waals surface area contributed by atoms with E-state index in [0.717, 1.165) is 54.5 Å². The van der Waals surface area contributed by atoms with Crippen LogP contribution in [0.5, 0.6) is 0 Å². The quantitative estimate of drug-likeness (QED) is 0.359. The van der Waals surface area contributed by atoms with Gasteiger partial charge in [-0.15, -0.1) is 0 Å². The van der Waals surface area contributed by atoms with Gasteiger partial charge in [0, 0.05) is 23.7 Å². The molecule has 2 aliphatic rings. The van der Waals surface area contributed by atoms with E-state index in [4.69, 9.17) is 32.9 Å². The molecule has 1 N–H and O–H groups in total. The zero-order valence-electron chi connectivity index (χ0n) is 20.9. The lowest BCUT2D eigenvalue weighted by Crippen LogP contribution is -2.35. The van der Waals surface area contributed by atoms with Crippen LogP contribution in [0, 0.1) is 5.92 Å². The molecule has 0 spiro atoms. The Balaban J connectivity index is 1.37. The monoisotopic (exact) mass is 523 g/mol. The summed E-state index contributed by atoms with van der Waals surface area (Å²) >= 11 is 12.5. The third-order valence-electron chi connectivity index (χ3n) is 6.97. The fraction of sp³-hybridized carbons (Fsp3) is 0.414. The molecule has 5 rings (SSSR count). The zero-order chi connectivity index (χ0) is 25.4. The van der Waals surface area contributed by atoms with E-state index in [1.165, 1.54) is 5.56 Å². The van der Waals surface area contributed by atoms with E-state index in [-0.39, 0.29) is 23.8 Å². The number of halogens is 2. The largest absolute Gasteiger partial charge is 0.460 e. The van der Waals surface area contributed by atoms with Gasteiger partial charge in [0.05, 0.1) is 21.7 Å². The van der Waals surface area contributed by atoms with Crippen molar-refractivity contribution in [2.45, 2.75) is 70.4 Å². The minimum Gasteiger partial charge on any atom is -0.460 e. The maximum atomic E-state index is 12.6. The van der Waals surface area contributed by atoms with E-state index in [9.17, 15) is 4.79 Å². The first kappa shape index (κ1) is 25.0. The van der Waals surface area contributed by atoms with E-state index >= 15 is 0 Å². The third kappa shape index (κ3) is 5.37. The number of carbonyl (C=O) groups is 1. The van der Waals surface area contributed by atoms with Gasteiger partial charge in [-0.05, 0) is 75.3 Å². The number of rotatable bonds is 4. The van der Waals surface area contributed by atoms with Crippen molar-refractivity contribution in [3.8, 4) is 11.3 Å². The van der Waals surface area contributed by atoms with Gasteiger partial charge in [0.15, 0.2) is 0 Å². The first-order valence-electron chi connectivity index (χ1n) is 12.6. The summed E-state index contributed by atoms with van der Waals surface area (Å²) in [5, 5.41) is 4.62. The van der Waals surface area contributed by atoms with E-state index in [1.54, 1.807) is 0 Å². The van der Waals surface area contributed by atoms with Crippen molar-refractivity contribution in [2.75, 3.05) is 5.32 Å². The summed E-state index contributed by atoms with van der Waals surface area (Å²) in [4.78, 5) is 22.2. The van der Waals surface area contributed by atoms with Gasteiger partial charge < -0.3 is 10.1 Å². The summed E-state index contributed by atoms with van der Waals surface area (Å²) in [7, 11) is 0. The summed E-state index contributed by atoms with van der Waals surface area (Å²) in [6.45, 7) is 5.73. The van der Waals surface area contributed by atoms with Crippen LogP contribution in [-0.4, -0.2) is 27.6 Å². The molecule has 1 heterocycles. The Labute approximate surface area is 222 Å². The number of fused-ring (bicyclic) bond motifs is 3. The lowest BCUT2D eigenvalue weighted by Gasteiger charge is -2.31. The van der Waals surface area contributed by atoms with Crippen LogP contribution in [0.15, 0.2) is 48.7 Å². The lowest BCUT2D eigenvalue weighted by atomic mass is 9.78. The summed E-state index contributed by atoms with van der Waals surface area (Å²) < 4.78 is 5.64. The number of carbonyl (C=O) groups excluding carboxylic acids is 1. The number of nitrogens with one attached hydrogen (secondary N) is 1. The number of anilines is 1. The number of ether oxygens (including phenoxy) is 1. The molecule has 3 atom stereocenters. The van der Waals surface area contributed by atoms with Crippen LogP contribution in [0.25, 0.3) is 11.3 Å². The van der Waals surface area contributed by atoms with Gasteiger partial charge in [0.25, 0.3) is 0 Å². The molecule has 188 valence electrons. The van der Waals surface area contributed by atoms with Crippen molar-refractivity contribution in [3.63, 3.8) is 0 Å². The highest BCUT2D eigenvalue weighted by atomic mass is 35.5. The van der Waals surface area contributed by atoms with Crippen molar-refractivity contribution in [1.82, 2.24) is 9.97 Å². The van der Waals surface area contributed by atoms with Gasteiger partial charge in [0.1, 0.15) is 5.60 Å². The molecule has 3 aromatic rings. The molecule has 1 fully saturated rings. The summed E-state index contributed by atoms with van der Waals surface area (Å²) in [6.07, 6.45) is 6.26. The molecule has 0 radical (unpaired) electrons. The van der Waals surface area contributed by atoms with Crippen LogP contribution in [0.2, 0.25) is 10.0 Å². The van der Waals surface area contributed by atoms with E-state index in [2.05, 4.69) is 28.5 Å². The average molecular weight is 524 g/mol. The summed E-state index contributed by atoms with van der Waals surface area (Å²) in [5.74, 6) is 0.550. The second-order valence-corrected chi connectivity index (χ2v) is 11.6. The SMILES string of the molecule is CC(C)(C)OC(=O)C1CCCC(Nc2ncc3c(n2)-c2ccccc2[C@@H](c2ccc(Cl)c(Cl)c2)C3)C1. The molecule has 36 heavy (non-hydrogen) atoms. The molecule has 7 heteroatoms. The van der Waals surface area contributed by atoms with E-state index in [0.29, 0.717) is 16.0 Å². The number of aromatic nitrogens is 2. The molecular formula is C29H31Cl2N3O2. The Morgan fingerprint density at radius 1 is 1.08 bits per heavy atom. The van der Waals surface area contributed by atoms with Crippen molar-refractivity contribution in [2.24, 2.45) is 5.92 Å². The highest BCUT2D eigenvalue weighted by Gasteiger charge is 2.32. The van der Waals surface area contributed by atoms with Crippen molar-refractivity contribution in [3.05, 3.63) is 75.4 Å². The molecule has 2 aromatic carbocycles. The third-order valence-corrected chi connectivity index (χ3v) is 7.71. The fourth-order valence-corrected chi connectivity index (χ4v) is 5.64. The van der Waals surface area contributed by atoms with Crippen LogP contribution in [-0.2, 0) is 16.0 Å². The molecular weight excluding hydrogens is 493 g/mol. The molecule has 2 aliphatic carbocycles. The minimum atomic E-state index is -0.471. The summed E-state index contributed by atoms with van der Waals surface area (Å²) in [6, 6.07) is 14.4. The Morgan fingerprint density at radius 2 is 1.89 bits per heavy atom. The van der Waals surface area contributed by atoms with Crippen molar-refractivity contribution >= 4 is 35.1 Å². The highest BCUT2D eigenvalue weighted by Crippen LogP contribution is 2.43. The van der Waals surface area contributed by atoms with Gasteiger partial charge >= 0.3 is 5.97 Å². The number of hydrogen-bond donors (Lipinski definition) is 1. The second kappa shape index (κ2) is 10.0. The van der Waals surface area contributed by atoms with Gasteiger partial charge in [-0.25, -0.2) is 9.97 Å². The van der Waals surface area contributed by atoms with Gasteiger partial charge in [0.2, 0.25) is 5.95 Å². The van der Waals surface area contributed by atoms with Gasteiger partial charge in [-0.1, -0.05) is 60.0 Å². The number of nitrogens with zero attached hydrogens (tertiary/aromatic N) is 2.